The Bertz CT molecular complexity index is 485. The van der Waals surface area contributed by atoms with Crippen molar-refractivity contribution in [1.29, 1.82) is 0 Å². The molecule has 1 aromatic heterocycles. The molecule has 0 fully saturated rings. The van der Waals surface area contributed by atoms with E-state index in [-0.39, 0.29) is 0 Å². The van der Waals surface area contributed by atoms with E-state index in [1.165, 1.54) is 17.3 Å². The fraction of sp³-hybridized carbons (Fsp3) is 0.467. The minimum Gasteiger partial charge on any atom is -0.494 e. The number of hydrogen-bond donors (Lipinski definition) is 0. The molecule has 0 aliphatic heterocycles. The van der Waals surface area contributed by atoms with Crippen LogP contribution in [0.4, 0.5) is 0 Å². The number of hydrogen-bond acceptors (Lipinski definition) is 1. The van der Waals surface area contributed by atoms with Crippen LogP contribution in [0.3, 0.4) is 0 Å². The van der Waals surface area contributed by atoms with Gasteiger partial charge in [0.15, 0.2) is 0 Å². The first-order valence-corrected chi connectivity index (χ1v) is 6.42. The molecule has 0 aliphatic rings. The summed E-state index contributed by atoms with van der Waals surface area (Å²) >= 11 is 0. The van der Waals surface area contributed by atoms with Crippen molar-refractivity contribution in [1.82, 2.24) is 4.57 Å². The zero-order valence-electron chi connectivity index (χ0n) is 10.9. The molecule has 0 unspecified atom stereocenters. The van der Waals surface area contributed by atoms with Gasteiger partial charge in [0.1, 0.15) is 5.75 Å². The highest BCUT2D eigenvalue weighted by atomic mass is 16.5. The second-order valence-corrected chi connectivity index (χ2v) is 4.85. The Morgan fingerprint density at radius 2 is 2.06 bits per heavy atom. The first kappa shape index (κ1) is 12.0. The molecule has 0 saturated carbocycles. The highest BCUT2D eigenvalue weighted by molar-refractivity contribution is 5.81. The second kappa shape index (κ2) is 5.26. The number of ether oxygens (including phenoxy) is 1. The molecule has 0 N–H and O–H groups in total. The van der Waals surface area contributed by atoms with Crippen LogP contribution in [0.15, 0.2) is 30.5 Å². The average molecular weight is 231 g/mol. The maximum absolute atomic E-state index is 5.51. The Hall–Kier alpha value is -1.44. The van der Waals surface area contributed by atoms with Crippen LogP contribution in [-0.2, 0) is 6.54 Å². The lowest BCUT2D eigenvalue weighted by Crippen LogP contribution is -1.99. The second-order valence-electron chi connectivity index (χ2n) is 4.85. The third kappa shape index (κ3) is 2.82. The SMILES string of the molecule is CCOc1ccc2c(ccn2CCC(C)C)c1. The molecule has 0 spiro atoms. The van der Waals surface area contributed by atoms with Crippen LogP contribution in [0.1, 0.15) is 27.2 Å². The van der Waals surface area contributed by atoms with E-state index in [0.29, 0.717) is 0 Å². The first-order valence-electron chi connectivity index (χ1n) is 6.42. The van der Waals surface area contributed by atoms with Gasteiger partial charge in [-0.05, 0) is 43.5 Å². The van der Waals surface area contributed by atoms with Crippen molar-refractivity contribution >= 4 is 10.9 Å². The Balaban J connectivity index is 2.22. The Labute approximate surface area is 103 Å². The molecule has 1 aromatic carbocycles. The smallest absolute Gasteiger partial charge is 0.120 e. The average Bonchev–Trinajstić information content (AvgIpc) is 2.69. The van der Waals surface area contributed by atoms with E-state index in [1.807, 2.05) is 6.92 Å². The summed E-state index contributed by atoms with van der Waals surface area (Å²) in [5.74, 6) is 1.71. The highest BCUT2D eigenvalue weighted by Crippen LogP contribution is 2.22. The summed E-state index contributed by atoms with van der Waals surface area (Å²) in [5, 5.41) is 1.26. The molecule has 0 atom stereocenters. The summed E-state index contributed by atoms with van der Waals surface area (Å²) in [7, 11) is 0. The molecule has 0 bridgehead atoms. The molecular weight excluding hydrogens is 210 g/mol. The van der Waals surface area contributed by atoms with E-state index < -0.39 is 0 Å². The number of rotatable bonds is 5. The predicted octanol–water partition coefficient (Wildman–Crippen LogP) is 4.09. The number of fused-ring (bicyclic) bond motifs is 1. The number of aryl methyl sites for hydroxylation is 1. The molecule has 2 nitrogen and oxygen atoms in total. The lowest BCUT2D eigenvalue weighted by molar-refractivity contribution is 0.340. The largest absolute Gasteiger partial charge is 0.494 e. The van der Waals surface area contributed by atoms with Gasteiger partial charge in [0.2, 0.25) is 0 Å². The molecule has 17 heavy (non-hydrogen) atoms. The summed E-state index contributed by atoms with van der Waals surface area (Å²) in [5.41, 5.74) is 1.30. The lowest BCUT2D eigenvalue weighted by Gasteiger charge is -2.08. The van der Waals surface area contributed by atoms with Gasteiger partial charge >= 0.3 is 0 Å². The Morgan fingerprint density at radius 3 is 2.76 bits per heavy atom. The molecule has 2 aromatic rings. The molecule has 2 rings (SSSR count). The maximum atomic E-state index is 5.51. The number of aromatic nitrogens is 1. The van der Waals surface area contributed by atoms with Crippen molar-refractivity contribution in [3.63, 3.8) is 0 Å². The topological polar surface area (TPSA) is 14.2 Å². The van der Waals surface area contributed by atoms with Crippen LogP contribution in [0.5, 0.6) is 5.75 Å². The number of nitrogens with zero attached hydrogens (tertiary/aromatic N) is 1. The van der Waals surface area contributed by atoms with Crippen LogP contribution >= 0.6 is 0 Å². The van der Waals surface area contributed by atoms with Gasteiger partial charge in [0.25, 0.3) is 0 Å². The molecular formula is C15H21NO. The Morgan fingerprint density at radius 1 is 1.24 bits per heavy atom. The summed E-state index contributed by atoms with van der Waals surface area (Å²) in [6.07, 6.45) is 3.39. The van der Waals surface area contributed by atoms with E-state index in [2.05, 4.69) is 48.9 Å². The van der Waals surface area contributed by atoms with E-state index in [1.54, 1.807) is 0 Å². The normalized spacial score (nSPS) is 11.3. The van der Waals surface area contributed by atoms with E-state index in [0.717, 1.165) is 24.8 Å². The summed E-state index contributed by atoms with van der Waals surface area (Å²) in [6, 6.07) is 8.49. The quantitative estimate of drug-likeness (QED) is 0.756. The molecule has 1 heterocycles. The highest BCUT2D eigenvalue weighted by Gasteiger charge is 2.03. The molecule has 0 radical (unpaired) electrons. The van der Waals surface area contributed by atoms with Gasteiger partial charge in [-0.25, -0.2) is 0 Å². The third-order valence-corrected chi connectivity index (χ3v) is 3.00. The van der Waals surface area contributed by atoms with Crippen molar-refractivity contribution in [2.24, 2.45) is 5.92 Å². The molecule has 92 valence electrons. The van der Waals surface area contributed by atoms with E-state index in [4.69, 9.17) is 4.74 Å². The number of benzene rings is 1. The van der Waals surface area contributed by atoms with Gasteiger partial charge in [-0.2, -0.15) is 0 Å². The van der Waals surface area contributed by atoms with Crippen molar-refractivity contribution in [2.75, 3.05) is 6.61 Å². The van der Waals surface area contributed by atoms with E-state index >= 15 is 0 Å². The summed E-state index contributed by atoms with van der Waals surface area (Å²) in [4.78, 5) is 0. The van der Waals surface area contributed by atoms with Crippen LogP contribution in [-0.4, -0.2) is 11.2 Å². The predicted molar refractivity (Wildman–Crippen MR) is 72.6 cm³/mol. The van der Waals surface area contributed by atoms with Crippen molar-refractivity contribution < 1.29 is 4.74 Å². The monoisotopic (exact) mass is 231 g/mol. The standard InChI is InChI=1S/C15H21NO/c1-4-17-14-5-6-15-13(11-14)8-10-16(15)9-7-12(2)3/h5-6,8,10-12H,4,7,9H2,1-3H3. The van der Waals surface area contributed by atoms with Crippen molar-refractivity contribution in [2.45, 2.75) is 33.7 Å². The van der Waals surface area contributed by atoms with Crippen LogP contribution in [0.2, 0.25) is 0 Å². The van der Waals surface area contributed by atoms with Gasteiger partial charge in [0, 0.05) is 23.6 Å². The molecule has 0 aliphatic carbocycles. The zero-order valence-corrected chi connectivity index (χ0v) is 10.9. The summed E-state index contributed by atoms with van der Waals surface area (Å²) < 4.78 is 7.84. The van der Waals surface area contributed by atoms with Gasteiger partial charge in [0.05, 0.1) is 6.61 Å². The van der Waals surface area contributed by atoms with Crippen LogP contribution in [0.25, 0.3) is 10.9 Å². The van der Waals surface area contributed by atoms with Gasteiger partial charge in [-0.3, -0.25) is 0 Å². The maximum Gasteiger partial charge on any atom is 0.120 e. The summed E-state index contributed by atoms with van der Waals surface area (Å²) in [6.45, 7) is 8.35. The fourth-order valence-corrected chi connectivity index (χ4v) is 2.03. The van der Waals surface area contributed by atoms with Gasteiger partial charge in [-0.1, -0.05) is 13.8 Å². The van der Waals surface area contributed by atoms with Gasteiger partial charge in [-0.15, -0.1) is 0 Å². The minimum absolute atomic E-state index is 0.722. The first-order chi connectivity index (χ1) is 8.20. The zero-order chi connectivity index (χ0) is 12.3. The Kier molecular flexibility index (Phi) is 3.72. The van der Waals surface area contributed by atoms with Crippen LogP contribution < -0.4 is 4.74 Å². The fourth-order valence-electron chi connectivity index (χ4n) is 2.03. The molecule has 2 heteroatoms. The van der Waals surface area contributed by atoms with E-state index in [9.17, 15) is 0 Å². The molecule has 0 amide bonds. The van der Waals surface area contributed by atoms with Crippen LogP contribution in [0, 0.1) is 5.92 Å². The third-order valence-electron chi connectivity index (χ3n) is 3.00. The minimum atomic E-state index is 0.722. The van der Waals surface area contributed by atoms with Crippen molar-refractivity contribution in [3.05, 3.63) is 30.5 Å². The lowest BCUT2D eigenvalue weighted by atomic mass is 10.1. The van der Waals surface area contributed by atoms with Crippen molar-refractivity contribution in [3.8, 4) is 5.75 Å². The van der Waals surface area contributed by atoms with Gasteiger partial charge < -0.3 is 9.30 Å². The molecule has 0 saturated heterocycles.